The summed E-state index contributed by atoms with van der Waals surface area (Å²) in [6.07, 6.45) is 2.87. The van der Waals surface area contributed by atoms with Crippen LogP contribution in [-0.2, 0) is 11.3 Å². The van der Waals surface area contributed by atoms with E-state index in [-0.39, 0.29) is 19.1 Å². The minimum Gasteiger partial charge on any atom is -0.485 e. The third kappa shape index (κ3) is 3.64. The molecule has 1 unspecified atom stereocenters. The van der Waals surface area contributed by atoms with Gasteiger partial charge in [-0.25, -0.2) is 4.98 Å². The van der Waals surface area contributed by atoms with E-state index in [9.17, 15) is 4.79 Å². The van der Waals surface area contributed by atoms with Gasteiger partial charge in [0.15, 0.2) is 16.6 Å². The molecule has 152 valence electrons. The van der Waals surface area contributed by atoms with Crippen molar-refractivity contribution < 1.29 is 18.7 Å². The first kappa shape index (κ1) is 19.0. The minimum atomic E-state index is -0.761. The Hall–Kier alpha value is -2.97. The van der Waals surface area contributed by atoms with Gasteiger partial charge in [-0.15, -0.1) is 11.8 Å². The standard InChI is InChI=1S/C22H18N2O4S2/c1-29-15-8-9-16-20(11-15)30-22(23-16)24(12-14-5-4-10-26-14)21(25)19-13-27-17-6-2-3-7-18(17)28-19/h2-11,19H,12-13H2,1H3. The van der Waals surface area contributed by atoms with Gasteiger partial charge in [-0.3, -0.25) is 9.69 Å². The molecule has 0 radical (unpaired) electrons. The normalized spacial score (nSPS) is 15.3. The van der Waals surface area contributed by atoms with Crippen LogP contribution in [0.25, 0.3) is 10.2 Å². The van der Waals surface area contributed by atoms with Crippen LogP contribution in [0.15, 0.2) is 70.2 Å². The molecule has 3 heterocycles. The maximum atomic E-state index is 13.5. The number of anilines is 1. The number of nitrogens with zero attached hydrogens (tertiary/aromatic N) is 2. The number of thioether (sulfide) groups is 1. The Kier molecular flexibility index (Phi) is 5.10. The molecular weight excluding hydrogens is 420 g/mol. The summed E-state index contributed by atoms with van der Waals surface area (Å²) >= 11 is 3.15. The number of para-hydroxylation sites is 2. The molecule has 4 aromatic rings. The molecule has 0 saturated carbocycles. The highest BCUT2D eigenvalue weighted by Crippen LogP contribution is 2.35. The molecular formula is C22H18N2O4S2. The van der Waals surface area contributed by atoms with Crippen LogP contribution in [0, 0.1) is 0 Å². The molecule has 5 rings (SSSR count). The van der Waals surface area contributed by atoms with E-state index in [1.165, 1.54) is 11.3 Å². The van der Waals surface area contributed by atoms with Crippen LogP contribution in [0.4, 0.5) is 5.13 Å². The molecule has 0 bridgehead atoms. The summed E-state index contributed by atoms with van der Waals surface area (Å²) in [4.78, 5) is 21.0. The van der Waals surface area contributed by atoms with Gasteiger partial charge in [-0.05, 0) is 48.7 Å². The fourth-order valence-corrected chi connectivity index (χ4v) is 4.77. The van der Waals surface area contributed by atoms with Crippen LogP contribution in [0.1, 0.15) is 5.76 Å². The maximum absolute atomic E-state index is 13.5. The van der Waals surface area contributed by atoms with E-state index >= 15 is 0 Å². The van der Waals surface area contributed by atoms with E-state index in [0.29, 0.717) is 22.4 Å². The Morgan fingerprint density at radius 3 is 2.87 bits per heavy atom. The van der Waals surface area contributed by atoms with Crippen LogP contribution in [0.3, 0.4) is 0 Å². The first-order valence-corrected chi connectivity index (χ1v) is 11.4. The summed E-state index contributed by atoms with van der Waals surface area (Å²) in [7, 11) is 0. The van der Waals surface area contributed by atoms with Gasteiger partial charge in [0.1, 0.15) is 12.4 Å². The fraction of sp³-hybridized carbons (Fsp3) is 0.182. The summed E-state index contributed by atoms with van der Waals surface area (Å²) in [5, 5.41) is 0.604. The number of fused-ring (bicyclic) bond motifs is 2. The highest BCUT2D eigenvalue weighted by Gasteiger charge is 2.33. The molecule has 1 amide bonds. The topological polar surface area (TPSA) is 64.8 Å². The third-order valence-electron chi connectivity index (χ3n) is 4.76. The lowest BCUT2D eigenvalue weighted by Crippen LogP contribution is -2.46. The van der Waals surface area contributed by atoms with E-state index in [1.54, 1.807) is 35.1 Å². The number of hydrogen-bond donors (Lipinski definition) is 0. The molecule has 2 aromatic heterocycles. The van der Waals surface area contributed by atoms with E-state index < -0.39 is 6.10 Å². The molecule has 6 nitrogen and oxygen atoms in total. The highest BCUT2D eigenvalue weighted by molar-refractivity contribution is 7.98. The number of benzene rings is 2. The van der Waals surface area contributed by atoms with Gasteiger partial charge in [-0.2, -0.15) is 0 Å². The lowest BCUT2D eigenvalue weighted by molar-refractivity contribution is -0.127. The number of thiazole rings is 1. The summed E-state index contributed by atoms with van der Waals surface area (Å²) in [6.45, 7) is 0.411. The molecule has 1 aliphatic heterocycles. The zero-order valence-electron chi connectivity index (χ0n) is 16.1. The highest BCUT2D eigenvalue weighted by atomic mass is 32.2. The zero-order chi connectivity index (χ0) is 20.5. The van der Waals surface area contributed by atoms with E-state index in [1.807, 2.05) is 42.7 Å². The molecule has 2 aromatic carbocycles. The van der Waals surface area contributed by atoms with Gasteiger partial charge in [0.2, 0.25) is 6.10 Å². The Morgan fingerprint density at radius 2 is 2.07 bits per heavy atom. The van der Waals surface area contributed by atoms with E-state index in [0.717, 1.165) is 15.1 Å². The van der Waals surface area contributed by atoms with Crippen molar-refractivity contribution in [3.8, 4) is 11.5 Å². The van der Waals surface area contributed by atoms with Crippen molar-refractivity contribution in [2.45, 2.75) is 17.5 Å². The van der Waals surface area contributed by atoms with Gasteiger partial charge in [-0.1, -0.05) is 23.5 Å². The summed E-state index contributed by atoms with van der Waals surface area (Å²) in [6, 6.07) is 17.1. The SMILES string of the molecule is CSc1ccc2nc(N(Cc3ccco3)C(=O)C3COc4ccccc4O3)sc2c1. The molecule has 0 aliphatic carbocycles. The largest absolute Gasteiger partial charge is 0.485 e. The molecule has 8 heteroatoms. The van der Waals surface area contributed by atoms with Crippen molar-refractivity contribution in [3.63, 3.8) is 0 Å². The van der Waals surface area contributed by atoms with Gasteiger partial charge < -0.3 is 13.9 Å². The predicted octanol–water partition coefficient (Wildman–Crippen LogP) is 4.98. The monoisotopic (exact) mass is 438 g/mol. The fourth-order valence-electron chi connectivity index (χ4n) is 3.25. The second kappa shape index (κ2) is 8.04. The maximum Gasteiger partial charge on any atom is 0.273 e. The van der Waals surface area contributed by atoms with Gasteiger partial charge >= 0.3 is 0 Å². The molecule has 0 spiro atoms. The predicted molar refractivity (Wildman–Crippen MR) is 118 cm³/mol. The number of rotatable bonds is 5. The molecule has 1 aliphatic rings. The molecule has 0 fully saturated rings. The Balaban J connectivity index is 1.48. The number of ether oxygens (including phenoxy) is 2. The lowest BCUT2D eigenvalue weighted by atomic mass is 10.2. The Morgan fingerprint density at radius 1 is 1.20 bits per heavy atom. The van der Waals surface area contributed by atoms with Crippen LogP contribution >= 0.6 is 23.1 Å². The summed E-state index contributed by atoms with van der Waals surface area (Å²) in [5.41, 5.74) is 0.858. The van der Waals surface area contributed by atoms with Crippen molar-refractivity contribution in [3.05, 3.63) is 66.6 Å². The first-order chi connectivity index (χ1) is 14.7. The average molecular weight is 439 g/mol. The van der Waals surface area contributed by atoms with E-state index in [2.05, 4.69) is 6.07 Å². The quantitative estimate of drug-likeness (QED) is 0.409. The Labute approximate surface area is 181 Å². The second-order valence-electron chi connectivity index (χ2n) is 6.70. The lowest BCUT2D eigenvalue weighted by Gasteiger charge is -2.29. The number of amides is 1. The number of carbonyl (C=O) groups excluding carboxylic acids is 1. The van der Waals surface area contributed by atoms with Crippen LogP contribution in [0.5, 0.6) is 11.5 Å². The average Bonchev–Trinajstić information content (AvgIpc) is 3.45. The van der Waals surface area contributed by atoms with Crippen molar-refractivity contribution in [2.24, 2.45) is 0 Å². The van der Waals surface area contributed by atoms with Gasteiger partial charge in [0.25, 0.3) is 5.91 Å². The molecule has 1 atom stereocenters. The van der Waals surface area contributed by atoms with Gasteiger partial charge in [0, 0.05) is 4.90 Å². The van der Waals surface area contributed by atoms with Crippen molar-refractivity contribution in [1.82, 2.24) is 4.98 Å². The minimum absolute atomic E-state index is 0.145. The van der Waals surface area contributed by atoms with Crippen LogP contribution < -0.4 is 14.4 Å². The summed E-state index contributed by atoms with van der Waals surface area (Å²) in [5.74, 6) is 1.66. The van der Waals surface area contributed by atoms with Crippen molar-refractivity contribution >= 4 is 44.4 Å². The van der Waals surface area contributed by atoms with Gasteiger partial charge in [0.05, 0.1) is 23.0 Å². The van der Waals surface area contributed by atoms with Crippen molar-refractivity contribution in [2.75, 3.05) is 17.8 Å². The van der Waals surface area contributed by atoms with Crippen molar-refractivity contribution in [1.29, 1.82) is 0 Å². The third-order valence-corrected chi connectivity index (χ3v) is 6.53. The number of furan rings is 1. The summed E-state index contributed by atoms with van der Waals surface area (Å²) < 4.78 is 18.2. The zero-order valence-corrected chi connectivity index (χ0v) is 17.7. The number of aromatic nitrogens is 1. The number of carbonyl (C=O) groups is 1. The second-order valence-corrected chi connectivity index (χ2v) is 8.59. The van der Waals surface area contributed by atoms with Crippen LogP contribution in [-0.4, -0.2) is 29.9 Å². The Bertz CT molecular complexity index is 1190. The first-order valence-electron chi connectivity index (χ1n) is 9.38. The molecule has 30 heavy (non-hydrogen) atoms. The molecule has 0 N–H and O–H groups in total. The van der Waals surface area contributed by atoms with E-state index in [4.69, 9.17) is 18.9 Å². The smallest absolute Gasteiger partial charge is 0.273 e. The number of hydrogen-bond acceptors (Lipinski definition) is 7. The van der Waals surface area contributed by atoms with Crippen LogP contribution in [0.2, 0.25) is 0 Å². The molecule has 0 saturated heterocycles.